The Bertz CT molecular complexity index is 2320. The zero-order chi connectivity index (χ0) is 37.3. The third-order valence-corrected chi connectivity index (χ3v) is 9.10. The molecule has 12 N–H and O–H groups in total. The van der Waals surface area contributed by atoms with Crippen molar-refractivity contribution in [3.8, 4) is 69.0 Å². The Morgan fingerprint density at radius 3 is 1.79 bits per heavy atom. The third kappa shape index (κ3) is 5.69. The fourth-order valence-corrected chi connectivity index (χ4v) is 6.63. The minimum atomic E-state index is -1.95. The number of aliphatic hydroxyl groups excluding tert-OH is 2. The molecule has 5 atom stereocenters. The highest BCUT2D eigenvalue weighted by molar-refractivity contribution is 5.94. The molecule has 2 aliphatic heterocycles. The Hall–Kier alpha value is -6.49. The van der Waals surface area contributed by atoms with Crippen LogP contribution in [-0.4, -0.2) is 73.5 Å². The van der Waals surface area contributed by atoms with Gasteiger partial charge in [-0.1, -0.05) is 0 Å². The monoisotopic (exact) mass is 718 g/mol. The molecule has 0 radical (unpaired) electrons. The van der Waals surface area contributed by atoms with Crippen molar-refractivity contribution in [2.24, 2.45) is 0 Å². The molecule has 52 heavy (non-hydrogen) atoms. The van der Waals surface area contributed by atoms with Crippen molar-refractivity contribution in [2.75, 3.05) is 0 Å². The van der Waals surface area contributed by atoms with E-state index in [1.54, 1.807) is 0 Å². The summed E-state index contributed by atoms with van der Waals surface area (Å²) in [6, 6.07) is 9.52. The molecule has 0 aliphatic carbocycles. The number of benzene rings is 4. The third-order valence-electron chi connectivity index (χ3n) is 9.10. The lowest BCUT2D eigenvalue weighted by atomic mass is 9.89. The summed E-state index contributed by atoms with van der Waals surface area (Å²) in [6.07, 6.45) is -7.97. The van der Waals surface area contributed by atoms with E-state index in [4.69, 9.17) is 14.2 Å². The molecule has 16 heteroatoms. The van der Waals surface area contributed by atoms with E-state index in [0.29, 0.717) is 0 Å². The van der Waals surface area contributed by atoms with Gasteiger partial charge in [-0.25, -0.2) is 0 Å². The molecule has 0 fully saturated rings. The van der Waals surface area contributed by atoms with Crippen LogP contribution in [0, 0.1) is 0 Å². The number of rotatable bonds is 5. The minimum Gasteiger partial charge on any atom is -0.508 e. The zero-order valence-electron chi connectivity index (χ0n) is 26.5. The van der Waals surface area contributed by atoms with Crippen molar-refractivity contribution in [2.45, 2.75) is 43.5 Å². The molecule has 2 aliphatic rings. The average molecular weight is 719 g/mol. The molecule has 0 spiro atoms. The fraction of sp³-hybridized carbons (Fsp3) is 0.194. The van der Waals surface area contributed by atoms with Crippen LogP contribution in [0.5, 0.6) is 69.0 Å². The predicted octanol–water partition coefficient (Wildman–Crippen LogP) is 3.05. The first kappa shape index (κ1) is 34.0. The lowest BCUT2D eigenvalue weighted by Crippen LogP contribution is -2.34. The van der Waals surface area contributed by atoms with Gasteiger partial charge in [0.25, 0.3) is 0 Å². The van der Waals surface area contributed by atoms with Crippen LogP contribution >= 0.6 is 0 Å². The van der Waals surface area contributed by atoms with Crippen LogP contribution in [-0.2, 0) is 17.6 Å². The van der Waals surface area contributed by atoms with Gasteiger partial charge in [0.05, 0.1) is 11.5 Å². The molecule has 0 saturated carbocycles. The molecule has 0 amide bonds. The Morgan fingerprint density at radius 1 is 0.615 bits per heavy atom. The second kappa shape index (κ2) is 12.4. The van der Waals surface area contributed by atoms with Gasteiger partial charge >= 0.3 is 0 Å². The predicted molar refractivity (Wildman–Crippen MR) is 176 cm³/mol. The number of aromatic hydroxyl groups is 10. The molecule has 2 heterocycles. The van der Waals surface area contributed by atoms with Crippen LogP contribution in [0.4, 0.5) is 0 Å². The molecule has 5 aromatic carbocycles. The van der Waals surface area contributed by atoms with Gasteiger partial charge in [-0.3, -0.25) is 4.79 Å². The number of phenols is 9. The van der Waals surface area contributed by atoms with Crippen LogP contribution < -0.4 is 14.9 Å². The van der Waals surface area contributed by atoms with Gasteiger partial charge in [0.15, 0.2) is 46.9 Å². The van der Waals surface area contributed by atoms with E-state index in [1.165, 1.54) is 12.1 Å². The topological polar surface area (TPSA) is 288 Å². The summed E-state index contributed by atoms with van der Waals surface area (Å²) in [6.45, 7) is 0. The molecule has 0 bridgehead atoms. The number of ether oxygens (including phenoxy) is 3. The molecular formula is C36H30O16. The lowest BCUT2D eigenvalue weighted by molar-refractivity contribution is -0.169. The minimum absolute atomic E-state index is 0.00763. The summed E-state index contributed by atoms with van der Waals surface area (Å²) >= 11 is 0. The van der Waals surface area contributed by atoms with E-state index < -0.39 is 87.5 Å². The number of hydrogen-bond donors (Lipinski definition) is 12. The van der Waals surface area contributed by atoms with E-state index in [-0.39, 0.29) is 69.0 Å². The lowest BCUT2D eigenvalue weighted by Gasteiger charge is -2.36. The normalized spacial score (nSPS) is 20.0. The maximum absolute atomic E-state index is 13.6. The summed E-state index contributed by atoms with van der Waals surface area (Å²) in [4.78, 5) is 13.6. The van der Waals surface area contributed by atoms with Gasteiger partial charge in [-0.15, -0.1) is 0 Å². The first-order valence-corrected chi connectivity index (χ1v) is 15.6. The summed E-state index contributed by atoms with van der Waals surface area (Å²) in [5.74, 6) is -6.75. The molecule has 270 valence electrons. The number of hydrogen-bond acceptors (Lipinski definition) is 16. The first-order chi connectivity index (χ1) is 24.6. The second-order valence-electron chi connectivity index (χ2n) is 12.5. The van der Waals surface area contributed by atoms with Crippen LogP contribution in [0.15, 0.2) is 59.4 Å². The van der Waals surface area contributed by atoms with E-state index >= 15 is 0 Å². The molecular weight excluding hydrogens is 688 g/mol. The van der Waals surface area contributed by atoms with Crippen LogP contribution in [0.2, 0.25) is 0 Å². The SMILES string of the molecule is O=c1c(O)cc([C@H]2Oc3cc(O)cc(O)c3C[C@H]2O)cc2c([C@H]3Oc4cc(O)cc(O)c4C[C@H]3OC(O)c3cc(O)c(O)c(O)c3)cc(O)c(O)c12. The highest BCUT2D eigenvalue weighted by Gasteiger charge is 2.39. The van der Waals surface area contributed by atoms with Crippen LogP contribution in [0.25, 0.3) is 10.8 Å². The van der Waals surface area contributed by atoms with Gasteiger partial charge in [-0.2, -0.15) is 0 Å². The Morgan fingerprint density at radius 2 is 1.17 bits per heavy atom. The molecule has 16 nitrogen and oxygen atoms in total. The second-order valence-corrected chi connectivity index (χ2v) is 12.5. The van der Waals surface area contributed by atoms with E-state index in [1.807, 2.05) is 0 Å². The zero-order valence-corrected chi connectivity index (χ0v) is 26.5. The van der Waals surface area contributed by atoms with Gasteiger partial charge in [-0.05, 0) is 41.3 Å². The highest BCUT2D eigenvalue weighted by Crippen LogP contribution is 2.49. The Kier molecular flexibility index (Phi) is 8.09. The highest BCUT2D eigenvalue weighted by atomic mass is 16.6. The van der Waals surface area contributed by atoms with Crippen LogP contribution in [0.3, 0.4) is 0 Å². The van der Waals surface area contributed by atoms with Crippen molar-refractivity contribution < 1.29 is 75.5 Å². The van der Waals surface area contributed by atoms with E-state index in [0.717, 1.165) is 42.5 Å². The standard InChI is InChI=1S/C36H30O16/c37-14-5-20(39)18-10-26(45)34(50-27(18)7-14)12-1-16-17(9-25(44)33(48)30(16)32(47)24(43)2-12)35-29(11-19-21(40)6-15(38)8-28(19)51-35)52-36(49)13-3-22(41)31(46)23(42)4-13/h1-9,26,29,34-42,44-46,48-49H,10-11H2,(H,43,47)/t26-,29-,34-,35-,36?/m1/s1. The summed E-state index contributed by atoms with van der Waals surface area (Å²) in [5, 5.41) is 125. The molecule has 0 saturated heterocycles. The maximum Gasteiger partial charge on any atom is 0.231 e. The summed E-state index contributed by atoms with van der Waals surface area (Å²) < 4.78 is 18.1. The quantitative estimate of drug-likeness (QED) is 0.0918. The van der Waals surface area contributed by atoms with Crippen molar-refractivity contribution >= 4 is 10.8 Å². The largest absolute Gasteiger partial charge is 0.508 e. The van der Waals surface area contributed by atoms with Crippen molar-refractivity contribution in [1.29, 1.82) is 0 Å². The summed E-state index contributed by atoms with van der Waals surface area (Å²) in [5.41, 5.74) is -1.27. The molecule has 0 aromatic heterocycles. The van der Waals surface area contributed by atoms with Crippen molar-refractivity contribution in [3.05, 3.63) is 92.6 Å². The van der Waals surface area contributed by atoms with Gasteiger partial charge in [0, 0.05) is 59.4 Å². The molecule has 1 unspecified atom stereocenters. The molecule has 7 rings (SSSR count). The first-order valence-electron chi connectivity index (χ1n) is 15.6. The van der Waals surface area contributed by atoms with Gasteiger partial charge in [0.2, 0.25) is 5.43 Å². The van der Waals surface area contributed by atoms with E-state index in [9.17, 15) is 66.1 Å². The van der Waals surface area contributed by atoms with Gasteiger partial charge in [0.1, 0.15) is 46.7 Å². The summed E-state index contributed by atoms with van der Waals surface area (Å²) in [7, 11) is 0. The maximum atomic E-state index is 13.6. The van der Waals surface area contributed by atoms with Crippen molar-refractivity contribution in [3.63, 3.8) is 0 Å². The van der Waals surface area contributed by atoms with E-state index in [2.05, 4.69) is 0 Å². The van der Waals surface area contributed by atoms with Crippen LogP contribution in [0.1, 0.15) is 46.3 Å². The van der Waals surface area contributed by atoms with Crippen molar-refractivity contribution in [1.82, 2.24) is 0 Å². The van der Waals surface area contributed by atoms with Gasteiger partial charge < -0.3 is 75.5 Å². The Balaban J connectivity index is 1.42. The fourth-order valence-electron chi connectivity index (χ4n) is 6.63. The molecule has 5 aromatic rings. The smallest absolute Gasteiger partial charge is 0.231 e. The number of aliphatic hydroxyl groups is 2. The average Bonchev–Trinajstić information content (AvgIpc) is 3.20. The number of phenolic OH excluding ortho intramolecular Hbond substituents is 9. The number of fused-ring (bicyclic) bond motifs is 3. The Labute approximate surface area is 291 Å².